The van der Waals surface area contributed by atoms with Crippen LogP contribution in [-0.4, -0.2) is 31.8 Å². The maximum absolute atomic E-state index is 5.45. The molecule has 0 amide bonds. The Hall–Kier alpha value is -2.27. The van der Waals surface area contributed by atoms with Gasteiger partial charge in [-0.15, -0.1) is 0 Å². The highest BCUT2D eigenvalue weighted by atomic mass is 16.5. The van der Waals surface area contributed by atoms with Crippen molar-refractivity contribution >= 4 is 5.96 Å². The van der Waals surface area contributed by atoms with Crippen molar-refractivity contribution in [1.82, 2.24) is 10.6 Å². The number of hydrogen-bond donors (Lipinski definition) is 2. The quantitative estimate of drug-likeness (QED) is 0.577. The van der Waals surface area contributed by atoms with E-state index in [1.807, 2.05) is 44.2 Å². The summed E-state index contributed by atoms with van der Waals surface area (Å²) >= 11 is 0. The largest absolute Gasteiger partial charge is 0.469 e. The zero-order valence-electron chi connectivity index (χ0n) is 14.7. The first kappa shape index (κ1) is 18.1. The number of guanidine groups is 1. The summed E-state index contributed by atoms with van der Waals surface area (Å²) in [6.07, 6.45) is 2.51. The molecule has 0 fully saturated rings. The minimum atomic E-state index is -0.254. The van der Waals surface area contributed by atoms with E-state index in [1.54, 1.807) is 13.4 Å². The third kappa shape index (κ3) is 6.46. The van der Waals surface area contributed by atoms with Crippen LogP contribution < -0.4 is 10.6 Å². The second-order valence-electron chi connectivity index (χ2n) is 6.22. The topological polar surface area (TPSA) is 58.8 Å². The lowest BCUT2D eigenvalue weighted by Crippen LogP contribution is -2.45. The molecule has 5 nitrogen and oxygen atoms in total. The molecule has 0 radical (unpaired) electrons. The van der Waals surface area contributed by atoms with Crippen LogP contribution in [0, 0.1) is 0 Å². The van der Waals surface area contributed by atoms with Gasteiger partial charge in [0.1, 0.15) is 5.76 Å². The van der Waals surface area contributed by atoms with Crippen molar-refractivity contribution in [2.24, 2.45) is 4.99 Å². The number of nitrogens with zero attached hydrogens (tertiary/aromatic N) is 1. The highest BCUT2D eigenvalue weighted by Crippen LogP contribution is 2.05. The van der Waals surface area contributed by atoms with Crippen molar-refractivity contribution in [2.45, 2.75) is 32.4 Å². The first-order valence-electron chi connectivity index (χ1n) is 8.23. The van der Waals surface area contributed by atoms with Gasteiger partial charge in [0, 0.05) is 26.6 Å². The average Bonchev–Trinajstić information content (AvgIpc) is 3.11. The minimum absolute atomic E-state index is 0.254. The summed E-state index contributed by atoms with van der Waals surface area (Å²) in [5.41, 5.74) is 0.923. The fraction of sp³-hybridized carbons (Fsp3) is 0.421. The maximum atomic E-state index is 5.45. The van der Waals surface area contributed by atoms with E-state index in [1.165, 1.54) is 5.56 Å². The van der Waals surface area contributed by atoms with Crippen molar-refractivity contribution in [2.75, 3.05) is 20.2 Å². The third-order valence-corrected chi connectivity index (χ3v) is 3.74. The normalized spacial score (nSPS) is 12.2. The lowest BCUT2D eigenvalue weighted by Gasteiger charge is -2.24. The van der Waals surface area contributed by atoms with Gasteiger partial charge in [0.15, 0.2) is 5.96 Å². The molecular weight excluding hydrogens is 302 g/mol. The summed E-state index contributed by atoms with van der Waals surface area (Å²) in [4.78, 5) is 4.66. The van der Waals surface area contributed by atoms with E-state index in [0.717, 1.165) is 24.7 Å². The van der Waals surface area contributed by atoms with Crippen LogP contribution in [0.5, 0.6) is 0 Å². The lowest BCUT2D eigenvalue weighted by atomic mass is 10.1. The van der Waals surface area contributed by atoms with Gasteiger partial charge in [-0.25, -0.2) is 4.99 Å². The van der Waals surface area contributed by atoms with Crippen LogP contribution in [0.25, 0.3) is 0 Å². The molecule has 2 rings (SSSR count). The molecule has 130 valence electrons. The number of benzene rings is 1. The molecule has 0 aliphatic heterocycles. The van der Waals surface area contributed by atoms with Crippen LogP contribution in [0.15, 0.2) is 58.1 Å². The summed E-state index contributed by atoms with van der Waals surface area (Å²) < 4.78 is 10.8. The van der Waals surface area contributed by atoms with E-state index in [-0.39, 0.29) is 5.60 Å². The highest BCUT2D eigenvalue weighted by Gasteiger charge is 2.16. The van der Waals surface area contributed by atoms with Gasteiger partial charge >= 0.3 is 0 Å². The van der Waals surface area contributed by atoms with Gasteiger partial charge in [-0.2, -0.15) is 0 Å². The zero-order valence-corrected chi connectivity index (χ0v) is 14.7. The first-order valence-corrected chi connectivity index (χ1v) is 8.23. The molecule has 0 aliphatic rings. The van der Waals surface area contributed by atoms with Crippen LogP contribution in [0.3, 0.4) is 0 Å². The van der Waals surface area contributed by atoms with E-state index in [4.69, 9.17) is 9.15 Å². The molecule has 5 heteroatoms. The first-order chi connectivity index (χ1) is 11.6. The van der Waals surface area contributed by atoms with Crippen molar-refractivity contribution in [3.05, 3.63) is 60.1 Å². The number of methoxy groups -OCH3 is 1. The van der Waals surface area contributed by atoms with Gasteiger partial charge in [-0.1, -0.05) is 30.3 Å². The number of ether oxygens (including phenoxy) is 1. The SMILES string of the molecule is COC(C)(C)CNC(=NCc1ccccc1)NCCc1ccco1. The number of nitrogens with one attached hydrogen (secondary N) is 2. The van der Waals surface area contributed by atoms with Gasteiger partial charge in [0.05, 0.1) is 18.4 Å². The Morgan fingerprint density at radius 2 is 1.92 bits per heavy atom. The standard InChI is InChI=1S/C19H27N3O2/c1-19(2,23-3)15-22-18(20-12-11-17-10-7-13-24-17)21-14-16-8-5-4-6-9-16/h4-10,13H,11-12,14-15H2,1-3H3,(H2,20,21,22). The molecule has 0 spiro atoms. The fourth-order valence-electron chi connectivity index (χ4n) is 2.06. The molecule has 0 atom stereocenters. The van der Waals surface area contributed by atoms with E-state index < -0.39 is 0 Å². The van der Waals surface area contributed by atoms with Gasteiger partial charge in [-0.05, 0) is 31.5 Å². The van der Waals surface area contributed by atoms with E-state index in [0.29, 0.717) is 13.1 Å². The van der Waals surface area contributed by atoms with E-state index in [9.17, 15) is 0 Å². The maximum Gasteiger partial charge on any atom is 0.191 e. The molecule has 0 saturated heterocycles. The number of aliphatic imine (C=N–C) groups is 1. The van der Waals surface area contributed by atoms with Crippen molar-refractivity contribution < 1.29 is 9.15 Å². The Balaban J connectivity index is 1.91. The molecule has 1 heterocycles. The van der Waals surface area contributed by atoms with E-state index in [2.05, 4.69) is 27.8 Å². The van der Waals surface area contributed by atoms with Crippen molar-refractivity contribution in [1.29, 1.82) is 0 Å². The Labute approximate surface area is 144 Å². The second kappa shape index (κ2) is 9.13. The zero-order chi connectivity index (χ0) is 17.3. The molecule has 1 aromatic carbocycles. The molecule has 2 aromatic rings. The Morgan fingerprint density at radius 3 is 2.58 bits per heavy atom. The summed E-state index contributed by atoms with van der Waals surface area (Å²) in [7, 11) is 1.72. The summed E-state index contributed by atoms with van der Waals surface area (Å²) in [5.74, 6) is 1.73. The van der Waals surface area contributed by atoms with Crippen LogP contribution >= 0.6 is 0 Å². The van der Waals surface area contributed by atoms with Crippen LogP contribution in [0.1, 0.15) is 25.2 Å². The molecule has 1 aromatic heterocycles. The molecule has 0 unspecified atom stereocenters. The molecule has 24 heavy (non-hydrogen) atoms. The smallest absolute Gasteiger partial charge is 0.191 e. The Bertz CT molecular complexity index is 607. The van der Waals surface area contributed by atoms with Crippen molar-refractivity contribution in [3.63, 3.8) is 0 Å². The monoisotopic (exact) mass is 329 g/mol. The van der Waals surface area contributed by atoms with E-state index >= 15 is 0 Å². The van der Waals surface area contributed by atoms with Gasteiger partial charge in [0.25, 0.3) is 0 Å². The minimum Gasteiger partial charge on any atom is -0.469 e. The predicted octanol–water partition coefficient (Wildman–Crippen LogP) is 2.98. The third-order valence-electron chi connectivity index (χ3n) is 3.74. The highest BCUT2D eigenvalue weighted by molar-refractivity contribution is 5.79. The summed E-state index contributed by atoms with van der Waals surface area (Å²) in [6, 6.07) is 14.1. The Kier molecular flexibility index (Phi) is 6.88. The lowest BCUT2D eigenvalue weighted by molar-refractivity contribution is 0.0268. The van der Waals surface area contributed by atoms with Crippen LogP contribution in [0.2, 0.25) is 0 Å². The number of hydrogen-bond acceptors (Lipinski definition) is 3. The molecule has 2 N–H and O–H groups in total. The summed E-state index contributed by atoms with van der Waals surface area (Å²) in [6.45, 7) is 6.13. The Morgan fingerprint density at radius 1 is 1.12 bits per heavy atom. The average molecular weight is 329 g/mol. The number of furan rings is 1. The second-order valence-corrected chi connectivity index (χ2v) is 6.22. The molecule has 0 saturated carbocycles. The molecule has 0 bridgehead atoms. The molecular formula is C19H27N3O2. The van der Waals surface area contributed by atoms with Gasteiger partial charge in [0.2, 0.25) is 0 Å². The van der Waals surface area contributed by atoms with Crippen molar-refractivity contribution in [3.8, 4) is 0 Å². The molecule has 0 aliphatic carbocycles. The number of rotatable bonds is 8. The van der Waals surface area contributed by atoms with Crippen LogP contribution in [-0.2, 0) is 17.7 Å². The summed E-state index contributed by atoms with van der Waals surface area (Å²) in [5, 5.41) is 6.69. The predicted molar refractivity (Wildman–Crippen MR) is 97.1 cm³/mol. The van der Waals surface area contributed by atoms with Gasteiger partial charge < -0.3 is 19.8 Å². The van der Waals surface area contributed by atoms with Gasteiger partial charge in [-0.3, -0.25) is 0 Å². The van der Waals surface area contributed by atoms with Crippen LogP contribution in [0.4, 0.5) is 0 Å². The fourth-order valence-corrected chi connectivity index (χ4v) is 2.06.